The van der Waals surface area contributed by atoms with Crippen LogP contribution in [0, 0.1) is 0 Å². The Morgan fingerprint density at radius 1 is 1.22 bits per heavy atom. The number of amides is 1. The molecule has 0 saturated heterocycles. The number of aromatic amines is 1. The molecule has 6 heteroatoms. The molecular formula is C12H11N3O3. The number of hydrogen-bond donors (Lipinski definition) is 2. The van der Waals surface area contributed by atoms with Gasteiger partial charge in [0.15, 0.2) is 0 Å². The fourth-order valence-electron chi connectivity index (χ4n) is 1.45. The number of benzene rings is 1. The number of anilines is 1. The summed E-state index contributed by atoms with van der Waals surface area (Å²) < 4.78 is 1.16. The lowest BCUT2D eigenvalue weighted by Gasteiger charge is -2.08. The highest BCUT2D eigenvalue weighted by molar-refractivity contribution is 6.03. The molecule has 18 heavy (non-hydrogen) atoms. The fraction of sp³-hybridized carbons (Fsp3) is 0.0833. The first-order valence-corrected chi connectivity index (χ1v) is 5.24. The first-order valence-electron chi connectivity index (χ1n) is 5.24. The second kappa shape index (κ2) is 4.70. The highest BCUT2D eigenvalue weighted by Gasteiger charge is 2.08. The van der Waals surface area contributed by atoms with Crippen LogP contribution in [0.1, 0.15) is 10.4 Å². The van der Waals surface area contributed by atoms with Gasteiger partial charge in [-0.25, -0.2) is 4.79 Å². The summed E-state index contributed by atoms with van der Waals surface area (Å²) in [6.45, 7) is 0. The van der Waals surface area contributed by atoms with Crippen LogP contribution in [-0.4, -0.2) is 15.5 Å². The van der Waals surface area contributed by atoms with Crippen LogP contribution in [0.5, 0.6) is 0 Å². The molecule has 0 radical (unpaired) electrons. The van der Waals surface area contributed by atoms with Gasteiger partial charge in [-0.05, 0) is 12.1 Å². The van der Waals surface area contributed by atoms with Crippen molar-refractivity contribution >= 4 is 11.7 Å². The number of rotatable bonds is 2. The number of hydrogen-bond acceptors (Lipinski definition) is 3. The van der Waals surface area contributed by atoms with Crippen molar-refractivity contribution in [1.82, 2.24) is 9.55 Å². The Kier molecular flexibility index (Phi) is 3.09. The van der Waals surface area contributed by atoms with Crippen LogP contribution < -0.4 is 16.6 Å². The summed E-state index contributed by atoms with van der Waals surface area (Å²) in [4.78, 5) is 36.4. The van der Waals surface area contributed by atoms with Gasteiger partial charge >= 0.3 is 5.69 Å². The molecule has 92 valence electrons. The second-order valence-electron chi connectivity index (χ2n) is 3.70. The van der Waals surface area contributed by atoms with Crippen molar-refractivity contribution in [3.8, 4) is 0 Å². The standard InChI is InChI=1S/C12H11N3O3/c1-15-9(7-10(16)14-12(15)18)13-11(17)8-5-3-2-4-6-8/h2-7H,1H3,(H,13,17)(H,14,16,18). The van der Waals surface area contributed by atoms with Crippen molar-refractivity contribution in [3.63, 3.8) is 0 Å². The molecule has 6 nitrogen and oxygen atoms in total. The zero-order valence-corrected chi connectivity index (χ0v) is 9.64. The van der Waals surface area contributed by atoms with E-state index in [1.807, 2.05) is 0 Å². The van der Waals surface area contributed by atoms with Crippen molar-refractivity contribution in [3.05, 3.63) is 62.8 Å². The molecule has 0 fully saturated rings. The zero-order chi connectivity index (χ0) is 13.1. The Balaban J connectivity index is 2.33. The van der Waals surface area contributed by atoms with Gasteiger partial charge in [0.05, 0.1) is 0 Å². The lowest BCUT2D eigenvalue weighted by Crippen LogP contribution is -2.30. The van der Waals surface area contributed by atoms with E-state index in [1.165, 1.54) is 7.05 Å². The topological polar surface area (TPSA) is 84.0 Å². The van der Waals surface area contributed by atoms with E-state index in [9.17, 15) is 14.4 Å². The largest absolute Gasteiger partial charge is 0.329 e. The quantitative estimate of drug-likeness (QED) is 0.799. The number of aromatic nitrogens is 2. The lowest BCUT2D eigenvalue weighted by atomic mass is 10.2. The van der Waals surface area contributed by atoms with Crippen molar-refractivity contribution in [2.45, 2.75) is 0 Å². The number of carbonyl (C=O) groups is 1. The Hall–Kier alpha value is -2.63. The SMILES string of the molecule is Cn1c(NC(=O)c2ccccc2)cc(=O)[nH]c1=O. The maximum absolute atomic E-state index is 11.9. The summed E-state index contributed by atoms with van der Waals surface area (Å²) in [5.74, 6) is -0.228. The Bertz CT molecular complexity index is 686. The molecule has 2 aromatic rings. The summed E-state index contributed by atoms with van der Waals surface area (Å²) in [5.41, 5.74) is -0.683. The van der Waals surface area contributed by atoms with Crippen LogP contribution in [0.25, 0.3) is 0 Å². The van der Waals surface area contributed by atoms with Crippen LogP contribution in [0.2, 0.25) is 0 Å². The molecular weight excluding hydrogens is 234 g/mol. The van der Waals surface area contributed by atoms with Crippen molar-refractivity contribution in [2.24, 2.45) is 7.05 Å². The molecule has 0 aliphatic carbocycles. The van der Waals surface area contributed by atoms with Gasteiger partial charge in [-0.1, -0.05) is 18.2 Å². The lowest BCUT2D eigenvalue weighted by molar-refractivity contribution is 0.102. The molecule has 1 amide bonds. The van der Waals surface area contributed by atoms with Gasteiger partial charge in [-0.2, -0.15) is 0 Å². The fourth-order valence-corrected chi connectivity index (χ4v) is 1.45. The van der Waals surface area contributed by atoms with Crippen LogP contribution in [0.15, 0.2) is 46.0 Å². The average molecular weight is 245 g/mol. The molecule has 0 saturated carbocycles. The van der Waals surface area contributed by atoms with Gasteiger partial charge in [0.25, 0.3) is 11.5 Å². The number of nitrogens with one attached hydrogen (secondary N) is 2. The number of H-pyrrole nitrogens is 1. The molecule has 0 unspecified atom stereocenters. The first kappa shape index (κ1) is 11.8. The second-order valence-corrected chi connectivity index (χ2v) is 3.70. The molecule has 0 aliphatic heterocycles. The number of nitrogens with zero attached hydrogens (tertiary/aromatic N) is 1. The van der Waals surface area contributed by atoms with E-state index in [4.69, 9.17) is 0 Å². The van der Waals surface area contributed by atoms with E-state index in [1.54, 1.807) is 30.3 Å². The van der Waals surface area contributed by atoms with Crippen molar-refractivity contribution < 1.29 is 4.79 Å². The van der Waals surface area contributed by atoms with E-state index in [-0.39, 0.29) is 11.7 Å². The molecule has 1 aromatic heterocycles. The zero-order valence-electron chi connectivity index (χ0n) is 9.64. The molecule has 0 bridgehead atoms. The summed E-state index contributed by atoms with van der Waals surface area (Å²) >= 11 is 0. The van der Waals surface area contributed by atoms with E-state index in [0.29, 0.717) is 5.56 Å². The average Bonchev–Trinajstić information content (AvgIpc) is 2.36. The first-order chi connectivity index (χ1) is 8.58. The molecule has 1 aromatic carbocycles. The molecule has 0 spiro atoms. The predicted octanol–water partition coefficient (Wildman–Crippen LogP) is 0.326. The third-order valence-electron chi connectivity index (χ3n) is 2.44. The number of carbonyl (C=O) groups excluding carboxylic acids is 1. The van der Waals surface area contributed by atoms with Crippen LogP contribution in [0.4, 0.5) is 5.82 Å². The molecule has 2 rings (SSSR count). The third kappa shape index (κ3) is 2.37. The molecule has 0 aliphatic rings. The Morgan fingerprint density at radius 2 is 1.89 bits per heavy atom. The minimum Gasteiger partial charge on any atom is -0.308 e. The van der Waals surface area contributed by atoms with E-state index < -0.39 is 11.2 Å². The van der Waals surface area contributed by atoms with Crippen molar-refractivity contribution in [1.29, 1.82) is 0 Å². The van der Waals surface area contributed by atoms with Gasteiger partial charge < -0.3 is 5.32 Å². The highest BCUT2D eigenvalue weighted by Crippen LogP contribution is 2.04. The van der Waals surface area contributed by atoms with E-state index in [0.717, 1.165) is 10.6 Å². The molecule has 2 N–H and O–H groups in total. The van der Waals surface area contributed by atoms with E-state index in [2.05, 4.69) is 10.3 Å². The summed E-state index contributed by atoms with van der Waals surface area (Å²) in [6.07, 6.45) is 0. The monoisotopic (exact) mass is 245 g/mol. The van der Waals surface area contributed by atoms with Crippen LogP contribution in [0.3, 0.4) is 0 Å². The van der Waals surface area contributed by atoms with Gasteiger partial charge in [0.1, 0.15) is 5.82 Å². The minimum absolute atomic E-state index is 0.151. The van der Waals surface area contributed by atoms with Gasteiger partial charge in [-0.3, -0.25) is 19.1 Å². The highest BCUT2D eigenvalue weighted by atomic mass is 16.2. The molecule has 1 heterocycles. The van der Waals surface area contributed by atoms with Gasteiger partial charge in [0, 0.05) is 18.7 Å². The smallest absolute Gasteiger partial charge is 0.308 e. The van der Waals surface area contributed by atoms with Gasteiger partial charge in [-0.15, -0.1) is 0 Å². The maximum atomic E-state index is 11.9. The Labute approximate surface area is 102 Å². The molecule has 0 atom stereocenters. The van der Waals surface area contributed by atoms with Crippen LogP contribution >= 0.6 is 0 Å². The van der Waals surface area contributed by atoms with Gasteiger partial charge in [0.2, 0.25) is 0 Å². The normalized spacial score (nSPS) is 10.1. The summed E-state index contributed by atoms with van der Waals surface area (Å²) in [5, 5.41) is 2.51. The minimum atomic E-state index is -0.578. The third-order valence-corrected chi connectivity index (χ3v) is 2.44. The Morgan fingerprint density at radius 3 is 2.56 bits per heavy atom. The maximum Gasteiger partial charge on any atom is 0.329 e. The summed E-state index contributed by atoms with van der Waals surface area (Å²) in [7, 11) is 1.46. The van der Waals surface area contributed by atoms with Crippen LogP contribution in [-0.2, 0) is 7.05 Å². The van der Waals surface area contributed by atoms with E-state index >= 15 is 0 Å². The predicted molar refractivity (Wildman–Crippen MR) is 66.7 cm³/mol. The van der Waals surface area contributed by atoms with Crippen molar-refractivity contribution in [2.75, 3.05) is 5.32 Å². The summed E-state index contributed by atoms with van der Waals surface area (Å²) in [6, 6.07) is 9.68.